The zero-order valence-corrected chi connectivity index (χ0v) is 15.8. The SMILES string of the molecule is OCCN(c1cccc(COc2cccc(Cl)c2)c1)c1ncnc2[nH]ccc12. The van der Waals surface area contributed by atoms with Gasteiger partial charge in [-0.1, -0.05) is 29.8 Å². The molecular formula is C21H19ClN4O2. The second-order valence-electron chi connectivity index (χ2n) is 6.23. The first kappa shape index (κ1) is 18.3. The van der Waals surface area contributed by atoms with Crippen LogP contribution >= 0.6 is 11.6 Å². The van der Waals surface area contributed by atoms with Crippen LogP contribution in [0.25, 0.3) is 11.0 Å². The first-order chi connectivity index (χ1) is 13.7. The molecule has 0 fully saturated rings. The van der Waals surface area contributed by atoms with Gasteiger partial charge in [-0.05, 0) is 42.0 Å². The first-order valence-corrected chi connectivity index (χ1v) is 9.26. The van der Waals surface area contributed by atoms with Crippen LogP contribution in [0.15, 0.2) is 67.1 Å². The summed E-state index contributed by atoms with van der Waals surface area (Å²) in [5.41, 5.74) is 2.68. The normalized spacial score (nSPS) is 10.9. The van der Waals surface area contributed by atoms with Gasteiger partial charge in [-0.2, -0.15) is 0 Å². The van der Waals surface area contributed by atoms with Gasteiger partial charge >= 0.3 is 0 Å². The summed E-state index contributed by atoms with van der Waals surface area (Å²) in [7, 11) is 0. The number of fused-ring (bicyclic) bond motifs is 1. The van der Waals surface area contributed by atoms with Crippen LogP contribution < -0.4 is 9.64 Å². The lowest BCUT2D eigenvalue weighted by atomic mass is 10.2. The largest absolute Gasteiger partial charge is 0.489 e. The molecular weight excluding hydrogens is 376 g/mol. The molecule has 142 valence electrons. The molecule has 2 heterocycles. The van der Waals surface area contributed by atoms with E-state index in [1.54, 1.807) is 6.07 Å². The monoisotopic (exact) mass is 394 g/mol. The van der Waals surface area contributed by atoms with E-state index in [9.17, 15) is 5.11 Å². The molecule has 0 amide bonds. The Bertz CT molecular complexity index is 1080. The van der Waals surface area contributed by atoms with Crippen LogP contribution in [0.4, 0.5) is 11.5 Å². The number of aromatic nitrogens is 3. The summed E-state index contributed by atoms with van der Waals surface area (Å²) in [5.74, 6) is 1.46. The summed E-state index contributed by atoms with van der Waals surface area (Å²) in [5, 5.41) is 11.1. The summed E-state index contributed by atoms with van der Waals surface area (Å²) in [6.07, 6.45) is 3.35. The zero-order valence-electron chi connectivity index (χ0n) is 15.0. The fourth-order valence-electron chi connectivity index (χ4n) is 3.07. The van der Waals surface area contributed by atoms with Crippen molar-refractivity contribution >= 4 is 34.1 Å². The Kier molecular flexibility index (Phi) is 5.41. The maximum absolute atomic E-state index is 9.60. The fraction of sp³-hybridized carbons (Fsp3) is 0.143. The van der Waals surface area contributed by atoms with Crippen molar-refractivity contribution < 1.29 is 9.84 Å². The van der Waals surface area contributed by atoms with Crippen molar-refractivity contribution in [1.29, 1.82) is 0 Å². The number of nitrogens with zero attached hydrogens (tertiary/aromatic N) is 3. The molecule has 0 unspecified atom stereocenters. The minimum Gasteiger partial charge on any atom is -0.489 e. The van der Waals surface area contributed by atoms with Gasteiger partial charge in [-0.3, -0.25) is 0 Å². The predicted molar refractivity (Wildman–Crippen MR) is 110 cm³/mol. The Morgan fingerprint density at radius 3 is 2.82 bits per heavy atom. The Labute approximate surface area is 167 Å². The maximum atomic E-state index is 9.60. The highest BCUT2D eigenvalue weighted by Gasteiger charge is 2.15. The molecule has 2 N–H and O–H groups in total. The van der Waals surface area contributed by atoms with Crippen molar-refractivity contribution in [1.82, 2.24) is 15.0 Å². The quantitative estimate of drug-likeness (QED) is 0.488. The molecule has 28 heavy (non-hydrogen) atoms. The third kappa shape index (κ3) is 3.93. The molecule has 7 heteroatoms. The lowest BCUT2D eigenvalue weighted by molar-refractivity contribution is 0.304. The molecule has 0 aliphatic rings. The Balaban J connectivity index is 1.61. The molecule has 0 aliphatic heterocycles. The molecule has 4 rings (SSSR count). The molecule has 6 nitrogen and oxygen atoms in total. The number of H-pyrrole nitrogens is 1. The van der Waals surface area contributed by atoms with Crippen molar-refractivity contribution in [3.63, 3.8) is 0 Å². The summed E-state index contributed by atoms with van der Waals surface area (Å²) in [6, 6.07) is 17.2. The van der Waals surface area contributed by atoms with E-state index in [1.807, 2.05) is 59.6 Å². The number of anilines is 2. The maximum Gasteiger partial charge on any atom is 0.146 e. The Morgan fingerprint density at radius 1 is 1.07 bits per heavy atom. The van der Waals surface area contributed by atoms with Crippen LogP contribution in [0.5, 0.6) is 5.75 Å². The number of aliphatic hydroxyl groups excluding tert-OH is 1. The number of halogens is 1. The topological polar surface area (TPSA) is 74.3 Å². The Hall–Kier alpha value is -3.09. The standard InChI is InChI=1S/C21H19ClN4O2/c22-16-4-2-6-18(12-16)28-13-15-3-1-5-17(11-15)26(9-10-27)21-19-7-8-23-20(19)24-14-25-21/h1-8,11-12,14,27H,9-10,13H2,(H,23,24,25). The van der Waals surface area contributed by atoms with Gasteiger partial charge in [0.15, 0.2) is 0 Å². The average Bonchev–Trinajstić information content (AvgIpc) is 3.20. The molecule has 0 atom stereocenters. The smallest absolute Gasteiger partial charge is 0.146 e. The van der Waals surface area contributed by atoms with Crippen LogP contribution in [0, 0.1) is 0 Å². The minimum absolute atomic E-state index is 0.000832. The van der Waals surface area contributed by atoms with E-state index in [4.69, 9.17) is 16.3 Å². The van der Waals surface area contributed by atoms with E-state index in [2.05, 4.69) is 15.0 Å². The summed E-state index contributed by atoms with van der Waals surface area (Å²) >= 11 is 6.01. The van der Waals surface area contributed by atoms with E-state index in [0.29, 0.717) is 18.2 Å². The number of rotatable bonds is 7. The Morgan fingerprint density at radius 2 is 1.96 bits per heavy atom. The highest BCUT2D eigenvalue weighted by atomic mass is 35.5. The molecule has 4 aromatic rings. The number of aromatic amines is 1. The first-order valence-electron chi connectivity index (χ1n) is 8.88. The number of hydrogen-bond acceptors (Lipinski definition) is 5. The zero-order chi connectivity index (χ0) is 19.3. The van der Waals surface area contributed by atoms with Crippen molar-refractivity contribution in [3.8, 4) is 5.75 Å². The van der Waals surface area contributed by atoms with E-state index in [1.165, 1.54) is 6.33 Å². The lowest BCUT2D eigenvalue weighted by Crippen LogP contribution is -2.22. The average molecular weight is 395 g/mol. The minimum atomic E-state index is -0.000832. The van der Waals surface area contributed by atoms with Crippen molar-refractivity contribution in [2.24, 2.45) is 0 Å². The second-order valence-corrected chi connectivity index (χ2v) is 6.66. The van der Waals surface area contributed by atoms with Gasteiger partial charge < -0.3 is 19.7 Å². The highest BCUT2D eigenvalue weighted by Crippen LogP contribution is 2.29. The lowest BCUT2D eigenvalue weighted by Gasteiger charge is -2.24. The van der Waals surface area contributed by atoms with Gasteiger partial charge in [-0.25, -0.2) is 9.97 Å². The molecule has 0 aliphatic carbocycles. The van der Waals surface area contributed by atoms with E-state index in [0.717, 1.165) is 33.9 Å². The van der Waals surface area contributed by atoms with Crippen LogP contribution in [-0.2, 0) is 6.61 Å². The number of nitrogens with one attached hydrogen (secondary N) is 1. The van der Waals surface area contributed by atoms with Crippen molar-refractivity contribution in [2.75, 3.05) is 18.1 Å². The van der Waals surface area contributed by atoms with Gasteiger partial charge in [0.05, 0.1) is 12.0 Å². The van der Waals surface area contributed by atoms with Crippen LogP contribution in [0.1, 0.15) is 5.56 Å². The predicted octanol–water partition coefficient (Wildman–Crippen LogP) is 4.32. The number of hydrogen-bond donors (Lipinski definition) is 2. The molecule has 0 spiro atoms. The third-order valence-corrected chi connectivity index (χ3v) is 4.57. The van der Waals surface area contributed by atoms with Crippen molar-refractivity contribution in [2.45, 2.75) is 6.61 Å². The van der Waals surface area contributed by atoms with E-state index < -0.39 is 0 Å². The van der Waals surface area contributed by atoms with Gasteiger partial charge in [0, 0.05) is 23.5 Å². The second kappa shape index (κ2) is 8.29. The van der Waals surface area contributed by atoms with Crippen LogP contribution in [-0.4, -0.2) is 33.2 Å². The number of benzene rings is 2. The number of aliphatic hydroxyl groups is 1. The molecule has 2 aromatic heterocycles. The summed E-state index contributed by atoms with van der Waals surface area (Å²) < 4.78 is 5.85. The summed E-state index contributed by atoms with van der Waals surface area (Å²) in [6.45, 7) is 0.819. The van der Waals surface area contributed by atoms with Gasteiger partial charge in [0.1, 0.15) is 30.1 Å². The van der Waals surface area contributed by atoms with Crippen LogP contribution in [0.3, 0.4) is 0 Å². The third-order valence-electron chi connectivity index (χ3n) is 4.34. The summed E-state index contributed by atoms with van der Waals surface area (Å²) in [4.78, 5) is 13.7. The van der Waals surface area contributed by atoms with Gasteiger partial charge in [-0.15, -0.1) is 0 Å². The highest BCUT2D eigenvalue weighted by molar-refractivity contribution is 6.30. The van der Waals surface area contributed by atoms with Crippen molar-refractivity contribution in [3.05, 3.63) is 77.7 Å². The van der Waals surface area contributed by atoms with E-state index in [-0.39, 0.29) is 6.61 Å². The van der Waals surface area contributed by atoms with E-state index >= 15 is 0 Å². The molecule has 0 bridgehead atoms. The molecule has 2 aromatic carbocycles. The molecule has 0 radical (unpaired) electrons. The molecule has 0 saturated carbocycles. The van der Waals surface area contributed by atoms with Crippen LogP contribution in [0.2, 0.25) is 5.02 Å². The fourth-order valence-corrected chi connectivity index (χ4v) is 3.25. The van der Waals surface area contributed by atoms with Gasteiger partial charge in [0.2, 0.25) is 0 Å². The van der Waals surface area contributed by atoms with Gasteiger partial charge in [0.25, 0.3) is 0 Å². The molecule has 0 saturated heterocycles. The number of ether oxygens (including phenoxy) is 1.